The molecule has 0 atom stereocenters. The molecule has 0 aliphatic rings. The second-order valence-electron chi connectivity index (χ2n) is 7.64. The lowest BCUT2D eigenvalue weighted by atomic mass is 10.2. The molecule has 0 saturated carbocycles. The number of benzene rings is 3. The summed E-state index contributed by atoms with van der Waals surface area (Å²) in [5.74, 6) is 0.405. The molecule has 1 N–H and O–H groups in total. The molecule has 0 radical (unpaired) electrons. The minimum absolute atomic E-state index is 0.0474. The molecule has 3 rings (SSSR count). The Balaban J connectivity index is 1.53. The first-order valence-corrected chi connectivity index (χ1v) is 11.5. The Hall–Kier alpha value is -3.31. The van der Waals surface area contributed by atoms with Crippen molar-refractivity contribution in [3.05, 3.63) is 82.9 Å². The van der Waals surface area contributed by atoms with E-state index in [2.05, 4.69) is 11.9 Å². The van der Waals surface area contributed by atoms with Gasteiger partial charge in [-0.1, -0.05) is 50.3 Å². The average Bonchev–Trinajstić information content (AvgIpc) is 2.81. The van der Waals surface area contributed by atoms with Crippen molar-refractivity contribution in [2.45, 2.75) is 39.0 Å². The van der Waals surface area contributed by atoms with Crippen LogP contribution in [0.25, 0.3) is 0 Å². The third-order valence-corrected chi connectivity index (χ3v) is 5.22. The van der Waals surface area contributed by atoms with Gasteiger partial charge in [0.05, 0.1) is 17.9 Å². The average molecular weight is 466 g/mol. The number of hydrogen-bond donors (Lipinski definition) is 1. The Labute approximate surface area is 199 Å². The number of aliphatic imine (C=N–C) groups is 1. The number of aromatic hydroxyl groups is 1. The molecule has 3 aromatic carbocycles. The summed E-state index contributed by atoms with van der Waals surface area (Å²) < 4.78 is 11.1. The summed E-state index contributed by atoms with van der Waals surface area (Å²) in [6, 6.07) is 18.5. The molecule has 3 aromatic rings. The van der Waals surface area contributed by atoms with E-state index in [0.29, 0.717) is 28.4 Å². The second-order valence-corrected chi connectivity index (χ2v) is 8.07. The van der Waals surface area contributed by atoms with Crippen molar-refractivity contribution >= 4 is 29.5 Å². The van der Waals surface area contributed by atoms with Crippen LogP contribution in [0.4, 0.5) is 5.69 Å². The summed E-state index contributed by atoms with van der Waals surface area (Å²) in [6.45, 7) is 2.86. The number of halogens is 1. The van der Waals surface area contributed by atoms with Crippen LogP contribution in [-0.2, 0) is 0 Å². The SMILES string of the molecule is CCCCCCCOc1ccc(C(=O)Oc2ccc(C=Nc3cccc(Cl)c3)c(O)c2)cc1. The molecule has 6 heteroatoms. The maximum absolute atomic E-state index is 12.4. The van der Waals surface area contributed by atoms with E-state index in [-0.39, 0.29) is 11.5 Å². The van der Waals surface area contributed by atoms with Crippen LogP contribution in [0.3, 0.4) is 0 Å². The number of esters is 1. The van der Waals surface area contributed by atoms with Crippen molar-refractivity contribution in [1.82, 2.24) is 0 Å². The van der Waals surface area contributed by atoms with Gasteiger partial charge in [-0.25, -0.2) is 4.79 Å². The molecule has 0 spiro atoms. The minimum atomic E-state index is -0.513. The summed E-state index contributed by atoms with van der Waals surface area (Å²) in [5.41, 5.74) is 1.56. The van der Waals surface area contributed by atoms with E-state index in [1.165, 1.54) is 31.5 Å². The molecule has 0 amide bonds. The predicted molar refractivity (Wildman–Crippen MR) is 132 cm³/mol. The lowest BCUT2D eigenvalue weighted by Gasteiger charge is -2.08. The van der Waals surface area contributed by atoms with Gasteiger partial charge in [0, 0.05) is 22.9 Å². The van der Waals surface area contributed by atoms with Gasteiger partial charge in [0.25, 0.3) is 0 Å². The van der Waals surface area contributed by atoms with Crippen molar-refractivity contribution in [2.24, 2.45) is 4.99 Å². The van der Waals surface area contributed by atoms with Crippen molar-refractivity contribution in [3.8, 4) is 17.2 Å². The Bertz CT molecular complexity index is 1080. The number of unbranched alkanes of at least 4 members (excludes halogenated alkanes) is 4. The van der Waals surface area contributed by atoms with Crippen LogP contribution >= 0.6 is 11.6 Å². The zero-order valence-electron chi connectivity index (χ0n) is 18.7. The fourth-order valence-corrected chi connectivity index (χ4v) is 3.33. The molecule has 0 fully saturated rings. The van der Waals surface area contributed by atoms with Crippen LogP contribution in [0.1, 0.15) is 54.9 Å². The van der Waals surface area contributed by atoms with Crippen LogP contribution in [0.5, 0.6) is 17.2 Å². The van der Waals surface area contributed by atoms with Gasteiger partial charge < -0.3 is 14.6 Å². The number of nitrogens with zero attached hydrogens (tertiary/aromatic N) is 1. The van der Waals surface area contributed by atoms with E-state index in [9.17, 15) is 9.90 Å². The Morgan fingerprint density at radius 1 is 0.970 bits per heavy atom. The molecule has 33 heavy (non-hydrogen) atoms. The van der Waals surface area contributed by atoms with Crippen molar-refractivity contribution in [1.29, 1.82) is 0 Å². The molecule has 172 valence electrons. The maximum atomic E-state index is 12.4. The number of phenols is 1. The van der Waals surface area contributed by atoms with Crippen molar-refractivity contribution in [3.63, 3.8) is 0 Å². The quantitative estimate of drug-likeness (QED) is 0.139. The maximum Gasteiger partial charge on any atom is 0.343 e. The van der Waals surface area contributed by atoms with E-state index in [0.717, 1.165) is 18.6 Å². The van der Waals surface area contributed by atoms with Gasteiger partial charge in [0.15, 0.2) is 0 Å². The van der Waals surface area contributed by atoms with Crippen molar-refractivity contribution in [2.75, 3.05) is 6.61 Å². The molecule has 0 bridgehead atoms. The number of carbonyl (C=O) groups excluding carboxylic acids is 1. The van der Waals surface area contributed by atoms with Gasteiger partial charge in [-0.3, -0.25) is 4.99 Å². The lowest BCUT2D eigenvalue weighted by Crippen LogP contribution is -2.08. The summed E-state index contributed by atoms with van der Waals surface area (Å²) in [5, 5.41) is 10.9. The summed E-state index contributed by atoms with van der Waals surface area (Å²) in [4.78, 5) is 16.7. The number of ether oxygens (including phenoxy) is 2. The zero-order chi connectivity index (χ0) is 23.5. The Kier molecular flexibility index (Phi) is 9.33. The third-order valence-electron chi connectivity index (χ3n) is 4.98. The van der Waals surface area contributed by atoms with Gasteiger partial charge in [0.1, 0.15) is 17.2 Å². The monoisotopic (exact) mass is 465 g/mol. The highest BCUT2D eigenvalue weighted by Crippen LogP contribution is 2.25. The standard InChI is InChI=1S/C27H28ClNO4/c1-2-3-4-5-6-16-32-24-13-10-20(11-14-24)27(31)33-25-15-12-21(26(30)18-25)19-29-23-9-7-8-22(28)17-23/h7-15,17-19,30H,2-6,16H2,1H3. The molecule has 5 nitrogen and oxygen atoms in total. The molecular weight excluding hydrogens is 438 g/mol. The van der Waals surface area contributed by atoms with E-state index in [1.807, 2.05) is 0 Å². The Morgan fingerprint density at radius 2 is 1.73 bits per heavy atom. The van der Waals surface area contributed by atoms with E-state index in [1.54, 1.807) is 60.7 Å². The highest BCUT2D eigenvalue weighted by molar-refractivity contribution is 6.30. The van der Waals surface area contributed by atoms with E-state index in [4.69, 9.17) is 21.1 Å². The molecule has 0 aromatic heterocycles. The van der Waals surface area contributed by atoms with Gasteiger partial charge in [-0.2, -0.15) is 0 Å². The van der Waals surface area contributed by atoms with Crippen molar-refractivity contribution < 1.29 is 19.4 Å². The normalized spacial score (nSPS) is 11.0. The molecular formula is C27H28ClNO4. The first kappa shape index (κ1) is 24.3. The van der Waals surface area contributed by atoms with Crippen LogP contribution in [0, 0.1) is 0 Å². The van der Waals surface area contributed by atoms with Gasteiger partial charge >= 0.3 is 5.97 Å². The lowest BCUT2D eigenvalue weighted by molar-refractivity contribution is 0.0734. The fourth-order valence-electron chi connectivity index (χ4n) is 3.15. The highest BCUT2D eigenvalue weighted by Gasteiger charge is 2.10. The first-order chi connectivity index (χ1) is 16.0. The molecule has 0 aliphatic carbocycles. The van der Waals surface area contributed by atoms with Crippen LogP contribution < -0.4 is 9.47 Å². The smallest absolute Gasteiger partial charge is 0.343 e. The first-order valence-electron chi connectivity index (χ1n) is 11.1. The van der Waals surface area contributed by atoms with Gasteiger partial charge in [0.2, 0.25) is 0 Å². The van der Waals surface area contributed by atoms with Crippen LogP contribution in [0.15, 0.2) is 71.7 Å². The third kappa shape index (κ3) is 7.95. The summed E-state index contributed by atoms with van der Waals surface area (Å²) in [6.07, 6.45) is 7.42. The molecule has 0 aliphatic heterocycles. The number of carbonyl (C=O) groups is 1. The molecule has 0 unspecified atom stereocenters. The highest BCUT2D eigenvalue weighted by atomic mass is 35.5. The molecule has 0 saturated heterocycles. The number of hydrogen-bond acceptors (Lipinski definition) is 5. The van der Waals surface area contributed by atoms with E-state index >= 15 is 0 Å². The zero-order valence-corrected chi connectivity index (χ0v) is 19.4. The molecule has 0 heterocycles. The summed E-state index contributed by atoms with van der Waals surface area (Å²) in [7, 11) is 0. The van der Waals surface area contributed by atoms with Crippen LogP contribution in [-0.4, -0.2) is 23.9 Å². The second kappa shape index (κ2) is 12.7. The van der Waals surface area contributed by atoms with Gasteiger partial charge in [-0.05, 0) is 61.0 Å². The van der Waals surface area contributed by atoms with E-state index < -0.39 is 5.97 Å². The summed E-state index contributed by atoms with van der Waals surface area (Å²) >= 11 is 5.95. The topological polar surface area (TPSA) is 68.1 Å². The number of phenolic OH excluding ortho intramolecular Hbond substituents is 1. The fraction of sp³-hybridized carbons (Fsp3) is 0.259. The largest absolute Gasteiger partial charge is 0.507 e. The van der Waals surface area contributed by atoms with Crippen LogP contribution in [0.2, 0.25) is 5.02 Å². The Morgan fingerprint density at radius 3 is 2.45 bits per heavy atom. The number of rotatable bonds is 11. The van der Waals surface area contributed by atoms with Gasteiger partial charge in [-0.15, -0.1) is 0 Å². The minimum Gasteiger partial charge on any atom is -0.507 e. The predicted octanol–water partition coefficient (Wildman–Crippen LogP) is 7.36.